The molecule has 1 fully saturated rings. The van der Waals surface area contributed by atoms with Gasteiger partial charge in [0.25, 0.3) is 5.91 Å². The number of thioether (sulfide) groups is 1. The van der Waals surface area contributed by atoms with Crippen LogP contribution in [0.15, 0.2) is 83.3 Å². The molecule has 34 heavy (non-hydrogen) atoms. The average molecular weight is 536 g/mol. The zero-order chi connectivity index (χ0) is 24.0. The minimum atomic E-state index is -1.25. The van der Waals surface area contributed by atoms with E-state index in [4.69, 9.17) is 0 Å². The van der Waals surface area contributed by atoms with Crippen molar-refractivity contribution in [2.75, 3.05) is 4.90 Å². The van der Waals surface area contributed by atoms with E-state index >= 15 is 0 Å². The molecule has 0 aliphatic carbocycles. The van der Waals surface area contributed by atoms with E-state index in [9.17, 15) is 19.5 Å². The number of amides is 2. The van der Waals surface area contributed by atoms with E-state index in [-0.39, 0.29) is 24.0 Å². The number of halogens is 1. The second-order valence-corrected chi connectivity index (χ2v) is 10.8. The number of ketones is 1. The number of benzene rings is 3. The zero-order valence-corrected chi connectivity index (χ0v) is 20.8. The molecular weight excluding hydrogens is 514 g/mol. The molecule has 0 aromatic heterocycles. The van der Waals surface area contributed by atoms with Gasteiger partial charge in [-0.3, -0.25) is 14.4 Å². The molecule has 0 bridgehead atoms. The van der Waals surface area contributed by atoms with Crippen LogP contribution in [0.1, 0.15) is 40.7 Å². The minimum Gasteiger partial charge on any atom is -0.391 e. The van der Waals surface area contributed by atoms with E-state index in [2.05, 4.69) is 15.9 Å². The molecule has 2 amide bonds. The van der Waals surface area contributed by atoms with Crippen LogP contribution in [0.4, 0.5) is 5.69 Å². The quantitative estimate of drug-likeness (QED) is 0.474. The lowest BCUT2D eigenvalue weighted by molar-refractivity contribution is -0.126. The van der Waals surface area contributed by atoms with Gasteiger partial charge in [0.1, 0.15) is 4.75 Å². The minimum absolute atomic E-state index is 0.207. The summed E-state index contributed by atoms with van der Waals surface area (Å²) < 4.78 is -0.561. The summed E-state index contributed by atoms with van der Waals surface area (Å²) in [6.45, 7) is 1.37. The number of nitrogens with zero attached hydrogens (tertiary/aromatic N) is 1. The van der Waals surface area contributed by atoms with Crippen LogP contribution in [-0.4, -0.2) is 34.1 Å². The molecule has 1 saturated heterocycles. The topological polar surface area (TPSA) is 74.7 Å². The standard InChI is InChI=1S/C27H22BrNO4S/c1-16(30)29-21-14-8-13-20(28)23(21)27(26(29)33)19(17-9-4-2-5-10-17)15-22(31)25(34-27)24(32)18-11-6-3-7-12-18/h2-14,19,22,25,31H,15H2,1H3/t19-,22+,25-,27+/m1/s1. The van der Waals surface area contributed by atoms with Gasteiger partial charge in [-0.2, -0.15) is 0 Å². The van der Waals surface area contributed by atoms with Crippen molar-refractivity contribution in [1.82, 2.24) is 0 Å². The third-order valence-electron chi connectivity index (χ3n) is 6.59. The highest BCUT2D eigenvalue weighted by Crippen LogP contribution is 2.63. The molecule has 0 unspecified atom stereocenters. The lowest BCUT2D eigenvalue weighted by Crippen LogP contribution is -2.52. The molecule has 7 heteroatoms. The Labute approximate surface area is 210 Å². The molecular formula is C27H22BrNO4S. The third-order valence-corrected chi connectivity index (χ3v) is 9.07. The van der Waals surface area contributed by atoms with Gasteiger partial charge < -0.3 is 5.11 Å². The predicted octanol–water partition coefficient (Wildman–Crippen LogP) is 5.07. The highest BCUT2D eigenvalue weighted by atomic mass is 79.9. The molecule has 5 rings (SSSR count). The summed E-state index contributed by atoms with van der Waals surface area (Å²) in [5.74, 6) is -1.43. The number of aliphatic hydroxyl groups is 1. The summed E-state index contributed by atoms with van der Waals surface area (Å²) in [5, 5.41) is 10.3. The van der Waals surface area contributed by atoms with Crippen molar-refractivity contribution in [3.05, 3.63) is 100 Å². The molecule has 1 spiro atoms. The first-order valence-corrected chi connectivity index (χ1v) is 12.7. The van der Waals surface area contributed by atoms with Crippen LogP contribution in [0.2, 0.25) is 0 Å². The summed E-state index contributed by atoms with van der Waals surface area (Å²) in [4.78, 5) is 41.6. The second kappa shape index (κ2) is 8.80. The summed E-state index contributed by atoms with van der Waals surface area (Å²) in [6, 6.07) is 23.8. The summed E-state index contributed by atoms with van der Waals surface area (Å²) in [6.07, 6.45) is -0.753. The highest BCUT2D eigenvalue weighted by Gasteiger charge is 2.63. The number of anilines is 1. The van der Waals surface area contributed by atoms with Crippen molar-refractivity contribution in [2.45, 2.75) is 35.4 Å². The van der Waals surface area contributed by atoms with E-state index in [1.165, 1.54) is 23.6 Å². The summed E-state index contributed by atoms with van der Waals surface area (Å²) in [5.41, 5.74) is 2.54. The van der Waals surface area contributed by atoms with Gasteiger partial charge in [-0.25, -0.2) is 4.90 Å². The van der Waals surface area contributed by atoms with Crippen molar-refractivity contribution >= 4 is 51.0 Å². The highest BCUT2D eigenvalue weighted by molar-refractivity contribution is 9.10. The van der Waals surface area contributed by atoms with E-state index in [1.807, 2.05) is 42.5 Å². The van der Waals surface area contributed by atoms with Crippen molar-refractivity contribution < 1.29 is 19.5 Å². The molecule has 0 radical (unpaired) electrons. The van der Waals surface area contributed by atoms with Crippen LogP contribution in [0.5, 0.6) is 0 Å². The van der Waals surface area contributed by atoms with E-state index in [0.717, 1.165) is 5.56 Å². The molecule has 5 nitrogen and oxygen atoms in total. The average Bonchev–Trinajstić information content (AvgIpc) is 3.10. The number of fused-ring (bicyclic) bond motifs is 2. The molecule has 2 aliphatic rings. The van der Waals surface area contributed by atoms with Crippen LogP contribution >= 0.6 is 27.7 Å². The largest absolute Gasteiger partial charge is 0.391 e. The normalized spacial score (nSPS) is 25.9. The van der Waals surface area contributed by atoms with Gasteiger partial charge in [-0.15, -0.1) is 11.8 Å². The number of carbonyl (C=O) groups excluding carboxylic acids is 3. The number of carbonyl (C=O) groups is 3. The third kappa shape index (κ3) is 3.45. The van der Waals surface area contributed by atoms with Crippen molar-refractivity contribution in [1.29, 1.82) is 0 Å². The molecule has 2 heterocycles. The molecule has 1 N–H and O–H groups in total. The summed E-state index contributed by atoms with van der Waals surface area (Å²) >= 11 is 4.80. The number of hydrogen-bond acceptors (Lipinski definition) is 5. The Bertz CT molecular complexity index is 1280. The Hall–Kier alpha value is -2.74. The molecule has 2 aliphatic heterocycles. The maximum Gasteiger partial charge on any atom is 0.255 e. The zero-order valence-electron chi connectivity index (χ0n) is 18.4. The lowest BCUT2D eigenvalue weighted by Gasteiger charge is -2.45. The Morgan fingerprint density at radius 2 is 1.65 bits per heavy atom. The maximum atomic E-state index is 14.2. The molecule has 172 valence electrons. The number of imide groups is 1. The first-order valence-electron chi connectivity index (χ1n) is 11.0. The van der Waals surface area contributed by atoms with Crippen LogP contribution in [0.25, 0.3) is 0 Å². The van der Waals surface area contributed by atoms with Gasteiger partial charge in [0.05, 0.1) is 17.0 Å². The van der Waals surface area contributed by atoms with Crippen LogP contribution in [0.3, 0.4) is 0 Å². The Morgan fingerprint density at radius 3 is 2.29 bits per heavy atom. The fourth-order valence-corrected chi connectivity index (χ4v) is 7.77. The van der Waals surface area contributed by atoms with Crippen LogP contribution in [0, 0.1) is 0 Å². The van der Waals surface area contributed by atoms with Crippen molar-refractivity contribution in [3.8, 4) is 0 Å². The van der Waals surface area contributed by atoms with Gasteiger partial charge in [0, 0.05) is 28.4 Å². The number of aliphatic hydroxyl groups excluding tert-OH is 1. The van der Waals surface area contributed by atoms with Gasteiger partial charge >= 0.3 is 0 Å². The first kappa shape index (κ1) is 23.0. The smallest absolute Gasteiger partial charge is 0.255 e. The summed E-state index contributed by atoms with van der Waals surface area (Å²) in [7, 11) is 0. The number of rotatable bonds is 3. The SMILES string of the molecule is CC(=O)N1C(=O)[C@@]2(S[C@@H](C(=O)c3ccccc3)[C@@H](O)C[C@@H]2c2ccccc2)c2c(Br)cccc21. The number of hydrogen-bond donors (Lipinski definition) is 1. The van der Waals surface area contributed by atoms with Gasteiger partial charge in [-0.1, -0.05) is 82.7 Å². The fourth-order valence-electron chi connectivity index (χ4n) is 5.14. The maximum absolute atomic E-state index is 14.2. The van der Waals surface area contributed by atoms with E-state index in [0.29, 0.717) is 21.3 Å². The van der Waals surface area contributed by atoms with Gasteiger partial charge in [0.15, 0.2) is 5.78 Å². The van der Waals surface area contributed by atoms with Crippen LogP contribution < -0.4 is 4.90 Å². The van der Waals surface area contributed by atoms with Crippen molar-refractivity contribution in [3.63, 3.8) is 0 Å². The van der Waals surface area contributed by atoms with Gasteiger partial charge in [-0.05, 0) is 24.1 Å². The second-order valence-electron chi connectivity index (χ2n) is 8.56. The first-order chi connectivity index (χ1) is 16.4. The Morgan fingerprint density at radius 1 is 1.00 bits per heavy atom. The fraction of sp³-hybridized carbons (Fsp3) is 0.222. The Kier molecular flexibility index (Phi) is 5.96. The Balaban J connectivity index is 1.73. The lowest BCUT2D eigenvalue weighted by atomic mass is 9.76. The molecule has 0 saturated carbocycles. The van der Waals surface area contributed by atoms with Crippen molar-refractivity contribution in [2.24, 2.45) is 0 Å². The van der Waals surface area contributed by atoms with Crippen LogP contribution in [-0.2, 0) is 14.3 Å². The van der Waals surface area contributed by atoms with E-state index < -0.39 is 22.0 Å². The molecule has 3 aromatic carbocycles. The monoisotopic (exact) mass is 535 g/mol. The predicted molar refractivity (Wildman–Crippen MR) is 136 cm³/mol. The molecule has 3 aromatic rings. The van der Waals surface area contributed by atoms with Gasteiger partial charge in [0.2, 0.25) is 5.91 Å². The van der Waals surface area contributed by atoms with E-state index in [1.54, 1.807) is 36.4 Å². The number of Topliss-reactive ketones (excluding diaryl/α,β-unsaturated/α-hetero) is 1. The molecule has 4 atom stereocenters.